The maximum absolute atomic E-state index is 12.7. The first-order valence-corrected chi connectivity index (χ1v) is 25.6. The number of carbonyl (C=O) groups excluding carboxylic acids is 6. The molecule has 6 aromatic rings. The molecule has 0 unspecified atom stereocenters. The molecule has 18 nitrogen and oxygen atoms in total. The van der Waals surface area contributed by atoms with E-state index in [2.05, 4.69) is 30.6 Å². The quantitative estimate of drug-likeness (QED) is 0.140. The van der Waals surface area contributed by atoms with Gasteiger partial charge in [0, 0.05) is 62.8 Å². The molecule has 0 atom stereocenters. The van der Waals surface area contributed by atoms with Crippen molar-refractivity contribution in [1.29, 1.82) is 0 Å². The maximum Gasteiger partial charge on any atom is 1.00 e. The fraction of sp³-hybridized carbons (Fsp3) is 0.200. The van der Waals surface area contributed by atoms with Crippen LogP contribution in [-0.2, 0) is 38.5 Å². The second-order valence-electron chi connectivity index (χ2n) is 15.7. The van der Waals surface area contributed by atoms with E-state index in [0.29, 0.717) is 91.2 Å². The summed E-state index contributed by atoms with van der Waals surface area (Å²) in [5.74, 6) is -9.79. The number of aromatic nitrogens is 6. The van der Waals surface area contributed by atoms with Gasteiger partial charge in [0.1, 0.15) is 30.2 Å². The van der Waals surface area contributed by atoms with Crippen LogP contribution in [0.15, 0.2) is 95.9 Å². The second-order valence-corrected chi connectivity index (χ2v) is 21.9. The Morgan fingerprint density at radius 2 is 0.413 bits per heavy atom. The van der Waals surface area contributed by atoms with E-state index < -0.39 is 35.8 Å². The zero-order valence-electron chi connectivity index (χ0n) is 40.9. The van der Waals surface area contributed by atoms with E-state index in [1.54, 1.807) is 0 Å². The molecule has 0 saturated carbocycles. The van der Waals surface area contributed by atoms with Crippen LogP contribution in [0, 0.1) is 0 Å². The summed E-state index contributed by atoms with van der Waals surface area (Å²) in [5, 5.41) is 104. The molecular weight excluding hydrogens is 1150 g/mol. The van der Waals surface area contributed by atoms with E-state index in [0.717, 1.165) is 107 Å². The number of rotatable bonds is 6. The van der Waals surface area contributed by atoms with E-state index in [-0.39, 0.29) is 270 Å². The number of carbonyl (C=O) groups is 6. The number of aromatic carboxylic acids is 6. The average molecular weight is 1170 g/mol. The van der Waals surface area contributed by atoms with E-state index in [4.69, 9.17) is 0 Å². The summed E-state index contributed by atoms with van der Waals surface area (Å²) >= 11 is 5.05. The van der Waals surface area contributed by atoms with Gasteiger partial charge >= 0.3 is 177 Å². The topological polar surface area (TPSA) is 318 Å². The Kier molecular flexibility index (Phi) is 25.7. The maximum atomic E-state index is 12.7. The monoisotopic (exact) mass is 1170 g/mol. The molecule has 30 heteroatoms. The number of hydrogen-bond donors (Lipinski definition) is 0. The van der Waals surface area contributed by atoms with Gasteiger partial charge in [0.05, 0.1) is 35.8 Å². The minimum Gasteiger partial charge on any atom is -0.545 e. The van der Waals surface area contributed by atoms with Gasteiger partial charge in [-0.15, -0.1) is 30.6 Å². The fourth-order valence-corrected chi connectivity index (χ4v) is 14.9. The predicted octanol–water partition coefficient (Wildman–Crippen LogP) is -17.1. The first-order chi connectivity index (χ1) is 33.1. The number of benzene rings is 3. The van der Waals surface area contributed by atoms with E-state index in [1.165, 1.54) is 0 Å². The molecule has 19 rings (SSSR count). The molecule has 0 fully saturated rings. The van der Waals surface area contributed by atoms with Crippen molar-refractivity contribution in [2.75, 3.05) is 0 Å². The average Bonchev–Trinajstić information content (AvgIpc) is 4.12. The Labute approximate surface area is 584 Å². The molecule has 0 N–H and O–H groups in total. The molecule has 3 aromatic heterocycles. The normalized spacial score (nSPS) is 13.6. The van der Waals surface area contributed by atoms with Crippen LogP contribution in [0.3, 0.4) is 0 Å². The molecule has 12 bridgehead atoms. The third-order valence-corrected chi connectivity index (χ3v) is 18.2. The third-order valence-electron chi connectivity index (χ3n) is 11.7. The minimum atomic E-state index is -1.63. The number of carboxylic acids is 6. The van der Waals surface area contributed by atoms with Crippen LogP contribution >= 0.6 is 70.6 Å². The predicted molar refractivity (Wildman–Crippen MR) is 232 cm³/mol. The molecule has 0 spiro atoms. The first-order valence-electron chi connectivity index (χ1n) is 20.7. The van der Waals surface area contributed by atoms with E-state index >= 15 is 0 Å². The van der Waals surface area contributed by atoms with Crippen molar-refractivity contribution >= 4 is 106 Å². The fourth-order valence-electron chi connectivity index (χ4n) is 8.54. The van der Waals surface area contributed by atoms with Crippen LogP contribution in [0.5, 0.6) is 0 Å². The summed E-state index contributed by atoms with van der Waals surface area (Å²) < 4.78 is 0. The van der Waals surface area contributed by atoms with Crippen molar-refractivity contribution in [1.82, 2.24) is 30.6 Å². The van der Waals surface area contributed by atoms with Crippen molar-refractivity contribution in [3.8, 4) is 0 Å². The molecule has 3 aromatic carbocycles. The zero-order valence-corrected chi connectivity index (χ0v) is 57.8. The molecule has 13 heterocycles. The molecular formula is C45H24N6Na6O12S6. The van der Waals surface area contributed by atoms with Crippen LogP contribution in [-0.4, -0.2) is 66.4 Å². The summed E-state index contributed by atoms with van der Waals surface area (Å²) in [6, 6.07) is 6.81. The standard InChI is InChI=1S/C45H30N6O12S6.6Na/c52-40(53)22-12-30-24(42(56)57)10-28(22)64-34-16-4-1-5-17(16)35(47-46-34)65-29-11-25(43(58)59)31(13-23(29)41(54)55)67-37-19-7-3-9-21(19)39(51-49-37)69-33-15-26(44(60)61)32(14-27(33)45(62)63)68-38-20-8-2-6-18(20)36(66-30)48-50-38;;;;;;/h10-15H,1-9H2,(H,52,53)(H,54,55)(H,56,57)(H,58,59)(H,60,61)(H,62,63);;;;;;/q;6*+1/p-6. The van der Waals surface area contributed by atoms with Gasteiger partial charge in [-0.25, -0.2) is 0 Å². The van der Waals surface area contributed by atoms with Gasteiger partial charge in [-0.1, -0.05) is 70.6 Å². The molecule has 10 aliphatic heterocycles. The van der Waals surface area contributed by atoms with Crippen LogP contribution in [0.2, 0.25) is 0 Å². The molecule has 75 heavy (non-hydrogen) atoms. The van der Waals surface area contributed by atoms with Gasteiger partial charge in [-0.05, 0) is 128 Å². The molecule has 348 valence electrons. The first kappa shape index (κ1) is 67.3. The molecule has 13 aliphatic rings. The van der Waals surface area contributed by atoms with E-state index in [9.17, 15) is 59.4 Å². The van der Waals surface area contributed by atoms with Crippen LogP contribution in [0.1, 0.15) is 115 Å². The van der Waals surface area contributed by atoms with Crippen molar-refractivity contribution in [3.05, 3.63) is 103 Å². The van der Waals surface area contributed by atoms with Gasteiger partial charge in [0.25, 0.3) is 0 Å². The van der Waals surface area contributed by atoms with Crippen molar-refractivity contribution in [2.24, 2.45) is 0 Å². The third kappa shape index (κ3) is 14.0. The summed E-state index contributed by atoms with van der Waals surface area (Å²) in [5.41, 5.74) is 1.60. The van der Waals surface area contributed by atoms with Crippen LogP contribution < -0.4 is 208 Å². The Morgan fingerprint density at radius 3 is 0.533 bits per heavy atom. The minimum absolute atomic E-state index is 0. The smallest absolute Gasteiger partial charge is 0.545 e. The van der Waals surface area contributed by atoms with Gasteiger partial charge < -0.3 is 59.4 Å². The van der Waals surface area contributed by atoms with Gasteiger partial charge in [0.2, 0.25) is 0 Å². The van der Waals surface area contributed by atoms with Crippen molar-refractivity contribution in [2.45, 2.75) is 117 Å². The zero-order chi connectivity index (χ0) is 48.4. The number of hydrogen-bond acceptors (Lipinski definition) is 24. The van der Waals surface area contributed by atoms with Gasteiger partial charge in [-0.3, -0.25) is 0 Å². The largest absolute Gasteiger partial charge is 1.00 e. The van der Waals surface area contributed by atoms with Crippen LogP contribution in [0.25, 0.3) is 0 Å². The van der Waals surface area contributed by atoms with Crippen LogP contribution in [0.4, 0.5) is 0 Å². The summed E-state index contributed by atoms with van der Waals surface area (Å²) in [6.45, 7) is 0. The Bertz CT molecular complexity index is 2810. The summed E-state index contributed by atoms with van der Waals surface area (Å²) in [7, 11) is 0. The molecule has 0 amide bonds. The van der Waals surface area contributed by atoms with Crippen molar-refractivity contribution < 1.29 is 237 Å². The molecule has 3 aliphatic carbocycles. The Hall–Kier alpha value is -0.180. The Morgan fingerprint density at radius 1 is 0.280 bits per heavy atom. The summed E-state index contributed by atoms with van der Waals surface area (Å²) in [6.07, 6.45) is 4.54. The Balaban J connectivity index is 0.00000203. The SMILES string of the molecule is O=C([O-])c1cc2c(C(=O)[O-])cc1Sc1nnc(c3c1CCC3)Sc1cc(C(=O)[O-])c(cc1C(=O)[O-])Sc1nnc(c3c1CCC3)Sc1cc(C(=O)[O-])c(cc1C(=O)[O-])Sc1nnc(c3c1CCC3)S2.[Na+].[Na+].[Na+].[Na+].[Na+].[Na+]. The van der Waals surface area contributed by atoms with E-state index in [1.807, 2.05) is 0 Å². The molecule has 0 radical (unpaired) electrons. The number of nitrogens with zero attached hydrogens (tertiary/aromatic N) is 6. The number of carboxylic acid groups (broad SMARTS) is 6. The second kappa shape index (κ2) is 28.7. The summed E-state index contributed by atoms with van der Waals surface area (Å²) in [4.78, 5) is 76.1. The van der Waals surface area contributed by atoms with Gasteiger partial charge in [0.15, 0.2) is 0 Å². The van der Waals surface area contributed by atoms with Crippen molar-refractivity contribution in [3.63, 3.8) is 0 Å². The van der Waals surface area contributed by atoms with Gasteiger partial charge in [-0.2, -0.15) is 0 Å². The molecule has 0 saturated heterocycles.